The molecule has 1 saturated carbocycles. The molecule has 106 heavy (non-hydrogen) atoms. The van der Waals surface area contributed by atoms with Gasteiger partial charge in [0.25, 0.3) is 36.0 Å². The van der Waals surface area contributed by atoms with E-state index in [4.69, 9.17) is 25.3 Å². The zero-order valence-corrected chi connectivity index (χ0v) is 68.7. The second-order valence-electron chi connectivity index (χ2n) is 24.1. The number of pyridine rings is 3. The van der Waals surface area contributed by atoms with E-state index in [2.05, 4.69) is 35.4 Å². The molecule has 6 aromatic rings. The monoisotopic (exact) mass is 1680 g/mol. The van der Waals surface area contributed by atoms with Crippen LogP contribution in [-0.2, 0) is 53.7 Å². The topological polar surface area (TPSA) is 381 Å². The fourth-order valence-electron chi connectivity index (χ4n) is 13.1. The molecular weight excluding hydrogens is 1610 g/mol. The number of aliphatic hydroxyl groups is 2. The Hall–Kier alpha value is -5.46. The first-order valence-corrected chi connectivity index (χ1v) is 31.6. The summed E-state index contributed by atoms with van der Waals surface area (Å²) >= 11 is 0. The number of nitrogens with one attached hydrogen (secondary N) is 3. The molecule has 3 aromatic heterocycles. The van der Waals surface area contributed by atoms with E-state index in [9.17, 15) is 84.8 Å². The van der Waals surface area contributed by atoms with E-state index in [1.165, 1.54) is 68.3 Å². The van der Waals surface area contributed by atoms with Crippen molar-refractivity contribution < 1.29 is 238 Å². The summed E-state index contributed by atoms with van der Waals surface area (Å²) < 4.78 is 99.1. The van der Waals surface area contributed by atoms with E-state index < -0.39 is 116 Å². The number of fused-ring (bicyclic) bond motifs is 12. The van der Waals surface area contributed by atoms with Gasteiger partial charge in [-0.3, -0.25) is 53.0 Å². The number of carbonyl (C=O) groups excluding carboxylic acids is 7. The van der Waals surface area contributed by atoms with Crippen molar-refractivity contribution in [3.63, 3.8) is 0 Å². The Kier molecular flexibility index (Phi) is 36.9. The number of carbonyl (C=O) groups is 7. The van der Waals surface area contributed by atoms with Crippen molar-refractivity contribution in [2.24, 2.45) is 5.73 Å². The summed E-state index contributed by atoms with van der Waals surface area (Å²) in [5, 5.41) is 44.5. The van der Waals surface area contributed by atoms with Crippen molar-refractivity contribution in [3.05, 3.63) is 189 Å². The fourth-order valence-corrected chi connectivity index (χ4v) is 13.1. The summed E-state index contributed by atoms with van der Waals surface area (Å²) in [6.45, 7) is 2.48. The molecule has 40 heteroatoms. The van der Waals surface area contributed by atoms with Gasteiger partial charge in [-0.2, -0.15) is 0 Å². The van der Waals surface area contributed by atoms with Gasteiger partial charge in [-0.25, -0.2) is 31.1 Å². The van der Waals surface area contributed by atoms with Gasteiger partial charge in [0.1, 0.15) is 63.9 Å². The second-order valence-corrected chi connectivity index (χ2v) is 24.1. The molecule has 4 saturated heterocycles. The number of nitrogens with two attached hydrogens (primary N) is 1. The van der Waals surface area contributed by atoms with Crippen LogP contribution in [-0.4, -0.2) is 198 Å². The minimum Gasteiger partial charge on any atom is -1.00 e. The maximum Gasteiger partial charge on any atom is 2.00 e. The van der Waals surface area contributed by atoms with Crippen LogP contribution in [0.15, 0.2) is 87.6 Å². The van der Waals surface area contributed by atoms with Crippen LogP contribution >= 0.6 is 0 Å². The Balaban J connectivity index is 0.000000378. The number of aliphatic hydroxyl groups excluding tert-OH is 1. The average Bonchev–Trinajstić information content (AvgIpc) is 1.61. The fraction of sp³-hybridized carbons (Fsp3) is 0.394. The molecular formula is C66H71Br2F6K2MgN11O18. The van der Waals surface area contributed by atoms with Crippen molar-refractivity contribution in [2.45, 2.75) is 121 Å². The van der Waals surface area contributed by atoms with Gasteiger partial charge in [-0.1, -0.05) is 37.5 Å². The minimum atomic E-state index is -1.92. The van der Waals surface area contributed by atoms with Gasteiger partial charge in [-0.05, 0) is 43.9 Å². The number of nitrogens with zero attached hydrogens (tertiary/aromatic N) is 7. The molecule has 5 fully saturated rings. The molecule has 6 atom stereocenters. The van der Waals surface area contributed by atoms with Gasteiger partial charge in [0, 0.05) is 117 Å². The molecule has 558 valence electrons. The third-order valence-corrected chi connectivity index (χ3v) is 17.9. The molecule has 3 aromatic carbocycles. The zero-order valence-electron chi connectivity index (χ0n) is 58.9. The van der Waals surface area contributed by atoms with Crippen LogP contribution in [0.5, 0.6) is 17.2 Å². The van der Waals surface area contributed by atoms with Crippen LogP contribution in [0.1, 0.15) is 126 Å². The predicted molar refractivity (Wildman–Crippen MR) is 344 cm³/mol. The maximum absolute atomic E-state index is 13.8. The molecule has 9 heterocycles. The van der Waals surface area contributed by atoms with E-state index in [0.717, 1.165) is 94.3 Å². The van der Waals surface area contributed by atoms with Gasteiger partial charge < -0.3 is 120 Å². The molecule has 13 rings (SSSR count). The smallest absolute Gasteiger partial charge is 1.00 e. The molecule has 7 aliphatic rings. The predicted octanol–water partition coefficient (Wildman–Crippen LogP) is -10.8. The van der Waals surface area contributed by atoms with Gasteiger partial charge in [-0.15, -0.1) is 0 Å². The molecule has 4 unspecified atom stereocenters. The summed E-state index contributed by atoms with van der Waals surface area (Å²) in [5.41, 5.74) is 1.65. The van der Waals surface area contributed by atoms with Crippen LogP contribution in [0, 0.1) is 34.9 Å². The molecule has 6 aliphatic heterocycles. The van der Waals surface area contributed by atoms with Crippen LogP contribution in [0.3, 0.4) is 0 Å². The Labute approximate surface area is 724 Å². The average molecular weight is 1680 g/mol. The molecule has 5 amide bonds. The van der Waals surface area contributed by atoms with E-state index in [0.29, 0.717) is 31.3 Å². The molecule has 0 radical (unpaired) electrons. The number of rotatable bonds is 15. The first-order chi connectivity index (χ1) is 48.2. The Morgan fingerprint density at radius 2 is 0.991 bits per heavy atom. The normalized spacial score (nSPS) is 18.5. The van der Waals surface area contributed by atoms with Crippen molar-refractivity contribution in [2.75, 3.05) is 47.5 Å². The standard InChI is InChI=1S/C21H20F2N4O4.C20H18F2N4O4.C18H18F2N2O7.C6H13N.CH2O3.2BrH.2K.Mg.H/c1-31-19-17-21(30)27-13-4-5-25(8-13)16(27)10-26(17)9-14(18(19)28)20(29)24-7-11-2-3-12(22)6-15(11)23;21-11-2-1-10(14(22)5-11)6-23-19(29)13-8-25-9-15-24-4-3-12(7-24)26(15)20(30)16(25)18(28)17(13)27;1-28-16-14(18(27)29-2)22(8-13(23)24)7-11(15(16)25)17(26)21-6-9-3-4-10(19)5-12(9)20;7-6-4-2-1-3-5-6;2-1-4-3;;;;;;/h2-3,6,9,13,16H,4-5,7-8,10H2,1H3,(H,24,29);1-2,5,8,12,15,28H,3-4,6-7,9H2,(H,23,29);3-5,7,13,23-24H,6,8H2,1-2H3,(H,21,26);6H,1-5,7H2;1,3H;2*1H;;;;/q;;;;;;;2*+1;+2;-1/p-3/t13-,16?;12-,15?;;;;;;;;;/m11........./s1. The van der Waals surface area contributed by atoms with Crippen LogP contribution < -0.4 is 189 Å². The number of amides is 5. The van der Waals surface area contributed by atoms with Crippen LogP contribution in [0.4, 0.5) is 26.3 Å². The maximum atomic E-state index is 13.8. The van der Waals surface area contributed by atoms with Crippen LogP contribution in [0.25, 0.3) is 0 Å². The van der Waals surface area contributed by atoms with E-state index in [1.807, 2.05) is 0 Å². The molecule has 8 N–H and O–H groups in total. The number of benzene rings is 3. The van der Waals surface area contributed by atoms with Gasteiger partial charge in [0.2, 0.25) is 16.3 Å². The molecule has 1 aliphatic carbocycles. The van der Waals surface area contributed by atoms with Crippen molar-refractivity contribution in [1.29, 1.82) is 0 Å². The van der Waals surface area contributed by atoms with Crippen LogP contribution in [0.2, 0.25) is 0 Å². The number of hydrogen-bond acceptors (Lipinski definition) is 21. The summed E-state index contributed by atoms with van der Waals surface area (Å²) in [6.07, 6.45) is 9.75. The Bertz CT molecular complexity index is 4400. The summed E-state index contributed by atoms with van der Waals surface area (Å²) in [7, 11) is 3.41. The second kappa shape index (κ2) is 42.1. The minimum absolute atomic E-state index is 0. The number of methoxy groups -OCH3 is 3. The Morgan fingerprint density at radius 1 is 0.604 bits per heavy atom. The number of halogens is 8. The number of ether oxygens (including phenoxy) is 3. The van der Waals surface area contributed by atoms with Crippen molar-refractivity contribution in [3.8, 4) is 17.2 Å². The first-order valence-electron chi connectivity index (χ1n) is 31.6. The number of esters is 1. The van der Waals surface area contributed by atoms with Gasteiger partial charge in [0.05, 0.1) is 41.0 Å². The number of hydrogen-bond donors (Lipinski definition) is 7. The first kappa shape index (κ1) is 92.9. The van der Waals surface area contributed by atoms with Gasteiger partial charge in [0.15, 0.2) is 40.6 Å². The van der Waals surface area contributed by atoms with E-state index in [1.54, 1.807) is 14.4 Å². The quantitative estimate of drug-likeness (QED) is 0.00955. The third kappa shape index (κ3) is 21.4. The van der Waals surface area contributed by atoms with Crippen molar-refractivity contribution in [1.82, 2.24) is 49.3 Å². The third-order valence-electron chi connectivity index (χ3n) is 17.9. The summed E-state index contributed by atoms with van der Waals surface area (Å²) in [6, 6.07) is 9.50. The number of aromatic nitrogens is 3. The summed E-state index contributed by atoms with van der Waals surface area (Å²) in [5.74, 6) is -10.4. The molecule has 29 nitrogen and oxygen atoms in total. The SMILES string of the molecule is COC(=O)c1c(OC)c(=O)c(C(=O)NCc2ccc(F)cc2F)cn1CC(O)O.COc1c2n(cc(C(=O)NCc3ccc(F)cc3F)c1=O)CC1N3CC[C@H](C3)N1C2=O.NC1CCCCC1.O=C(NCc1ccc(F)cc1F)c1cn2c(c(O)c1=O)C(=O)N1C(C2)N2CC[C@@H]1C2.O=CO[O-].[Br-].[Br-].[H-].[K+].[K+].[Mg+2]. The molecule has 0 spiro atoms. The number of aromatic hydroxyl groups is 1. The molecule has 4 bridgehead atoms. The van der Waals surface area contributed by atoms with E-state index >= 15 is 0 Å². The van der Waals surface area contributed by atoms with Gasteiger partial charge >= 0.3 is 132 Å². The van der Waals surface area contributed by atoms with Crippen molar-refractivity contribution >= 4 is 65.0 Å². The largest absolute Gasteiger partial charge is 2.00 e. The summed E-state index contributed by atoms with van der Waals surface area (Å²) in [4.78, 5) is 133. The Morgan fingerprint density at radius 3 is 1.36 bits per heavy atom. The van der Waals surface area contributed by atoms with E-state index in [-0.39, 0.29) is 263 Å². The zero-order chi connectivity index (χ0) is 73.3.